The summed E-state index contributed by atoms with van der Waals surface area (Å²) in [5.41, 5.74) is 1.08. The molecule has 0 amide bonds. The molecule has 3 heteroatoms. The molecule has 0 spiro atoms. The Morgan fingerprint density at radius 3 is 2.82 bits per heavy atom. The molecule has 1 atom stereocenters. The zero-order chi connectivity index (χ0) is 12.3. The van der Waals surface area contributed by atoms with Gasteiger partial charge in [0, 0.05) is 10.5 Å². The molecule has 0 heterocycles. The maximum atomic E-state index is 13.2. The first-order valence-corrected chi connectivity index (χ1v) is 7.11. The van der Waals surface area contributed by atoms with Crippen molar-refractivity contribution in [2.45, 2.75) is 38.6 Å². The highest BCUT2D eigenvalue weighted by molar-refractivity contribution is 9.10. The van der Waals surface area contributed by atoms with E-state index in [-0.39, 0.29) is 5.82 Å². The zero-order valence-corrected chi connectivity index (χ0v) is 11.8. The van der Waals surface area contributed by atoms with Crippen LogP contribution in [0, 0.1) is 11.7 Å². The summed E-state index contributed by atoms with van der Waals surface area (Å²) in [5, 5.41) is 3.53. The van der Waals surface area contributed by atoms with Gasteiger partial charge < -0.3 is 5.32 Å². The van der Waals surface area contributed by atoms with E-state index in [4.69, 9.17) is 0 Å². The first kappa shape index (κ1) is 13.0. The van der Waals surface area contributed by atoms with Crippen LogP contribution in [0.3, 0.4) is 0 Å². The molecule has 0 aliphatic heterocycles. The lowest BCUT2D eigenvalue weighted by Crippen LogP contribution is -2.23. The molecule has 1 fully saturated rings. The van der Waals surface area contributed by atoms with Crippen LogP contribution in [0.5, 0.6) is 0 Å². The first-order valence-electron chi connectivity index (χ1n) is 6.32. The van der Waals surface area contributed by atoms with Gasteiger partial charge in [0.2, 0.25) is 0 Å². The van der Waals surface area contributed by atoms with Crippen molar-refractivity contribution in [3.63, 3.8) is 0 Å². The Morgan fingerprint density at radius 2 is 2.18 bits per heavy atom. The predicted octanol–water partition coefficient (Wildman–Crippen LogP) is 3.91. The molecular formula is C14H19BrFN. The number of hydrogen-bond acceptors (Lipinski definition) is 1. The lowest BCUT2D eigenvalue weighted by atomic mass is 10.0. The minimum absolute atomic E-state index is 0.155. The summed E-state index contributed by atoms with van der Waals surface area (Å²) in [6.45, 7) is 3.34. The molecule has 2 rings (SSSR count). The maximum Gasteiger partial charge on any atom is 0.124 e. The van der Waals surface area contributed by atoms with E-state index in [9.17, 15) is 4.39 Å². The smallest absolute Gasteiger partial charge is 0.124 e. The third-order valence-corrected chi connectivity index (χ3v) is 3.64. The molecule has 0 radical (unpaired) electrons. The van der Waals surface area contributed by atoms with Crippen LogP contribution in [-0.2, 0) is 6.42 Å². The van der Waals surface area contributed by atoms with Crippen molar-refractivity contribution >= 4 is 15.9 Å². The average Bonchev–Trinajstić information content (AvgIpc) is 3.06. The third-order valence-electron chi connectivity index (χ3n) is 3.18. The number of aryl methyl sites for hydroxylation is 1. The molecule has 0 bridgehead atoms. The highest BCUT2D eigenvalue weighted by Gasteiger charge is 2.20. The van der Waals surface area contributed by atoms with Crippen LogP contribution < -0.4 is 5.32 Å². The van der Waals surface area contributed by atoms with E-state index in [0.29, 0.717) is 5.92 Å². The van der Waals surface area contributed by atoms with Crippen LogP contribution in [-0.4, -0.2) is 12.6 Å². The topological polar surface area (TPSA) is 12.0 Å². The van der Waals surface area contributed by atoms with E-state index < -0.39 is 0 Å². The van der Waals surface area contributed by atoms with Gasteiger partial charge in [0.15, 0.2) is 0 Å². The molecule has 17 heavy (non-hydrogen) atoms. The van der Waals surface area contributed by atoms with Crippen LogP contribution in [0.2, 0.25) is 0 Å². The van der Waals surface area contributed by atoms with Crippen molar-refractivity contribution in [2.75, 3.05) is 6.54 Å². The molecule has 1 aromatic rings. The molecule has 1 aliphatic carbocycles. The van der Waals surface area contributed by atoms with Crippen molar-refractivity contribution in [1.82, 2.24) is 5.32 Å². The minimum atomic E-state index is -0.155. The van der Waals surface area contributed by atoms with Crippen LogP contribution in [0.4, 0.5) is 4.39 Å². The van der Waals surface area contributed by atoms with E-state index >= 15 is 0 Å². The molecular weight excluding hydrogens is 281 g/mol. The van der Waals surface area contributed by atoms with Gasteiger partial charge in [-0.05, 0) is 61.9 Å². The molecule has 0 saturated heterocycles. The summed E-state index contributed by atoms with van der Waals surface area (Å²) in [6.07, 6.45) is 4.73. The fraction of sp³-hybridized carbons (Fsp3) is 0.571. The number of rotatable bonds is 6. The summed E-state index contributed by atoms with van der Waals surface area (Å²) in [4.78, 5) is 0. The van der Waals surface area contributed by atoms with E-state index in [1.807, 2.05) is 6.07 Å². The molecule has 1 aromatic carbocycles. The monoisotopic (exact) mass is 299 g/mol. The largest absolute Gasteiger partial charge is 0.314 e. The SMILES string of the molecule is CC(CCc1cc(F)cc(Br)c1)CNC1CC1. The van der Waals surface area contributed by atoms with Gasteiger partial charge >= 0.3 is 0 Å². The molecule has 1 unspecified atom stereocenters. The molecule has 94 valence electrons. The van der Waals surface area contributed by atoms with Crippen molar-refractivity contribution in [3.8, 4) is 0 Å². The summed E-state index contributed by atoms with van der Waals surface area (Å²) < 4.78 is 14.0. The Kier molecular flexibility index (Phi) is 4.57. The fourth-order valence-electron chi connectivity index (χ4n) is 1.93. The Balaban J connectivity index is 1.75. The van der Waals surface area contributed by atoms with Crippen LogP contribution in [0.1, 0.15) is 31.7 Å². The van der Waals surface area contributed by atoms with Gasteiger partial charge in [0.05, 0.1) is 0 Å². The standard InChI is InChI=1S/C14H19BrFN/c1-10(9-17-14-4-5-14)2-3-11-6-12(15)8-13(16)7-11/h6-8,10,14,17H,2-5,9H2,1H3. The molecule has 1 aliphatic rings. The molecule has 1 nitrogen and oxygen atoms in total. The van der Waals surface area contributed by atoms with Gasteiger partial charge in [-0.15, -0.1) is 0 Å². The lowest BCUT2D eigenvalue weighted by Gasteiger charge is -2.12. The Bertz CT molecular complexity index is 356. The summed E-state index contributed by atoms with van der Waals surface area (Å²) in [6, 6.07) is 5.91. The van der Waals surface area contributed by atoms with Gasteiger partial charge in [-0.1, -0.05) is 22.9 Å². The van der Waals surface area contributed by atoms with E-state index in [1.54, 1.807) is 6.07 Å². The second kappa shape index (κ2) is 5.96. The van der Waals surface area contributed by atoms with Gasteiger partial charge in [-0.3, -0.25) is 0 Å². The maximum absolute atomic E-state index is 13.2. The zero-order valence-electron chi connectivity index (χ0n) is 10.2. The van der Waals surface area contributed by atoms with Gasteiger partial charge in [-0.2, -0.15) is 0 Å². The van der Waals surface area contributed by atoms with E-state index in [2.05, 4.69) is 28.2 Å². The highest BCUT2D eigenvalue weighted by Crippen LogP contribution is 2.20. The van der Waals surface area contributed by atoms with Gasteiger partial charge in [0.25, 0.3) is 0 Å². The Hall–Kier alpha value is -0.410. The summed E-state index contributed by atoms with van der Waals surface area (Å²) in [5.74, 6) is 0.496. The first-order chi connectivity index (χ1) is 8.13. The normalized spacial score (nSPS) is 17.1. The number of hydrogen-bond donors (Lipinski definition) is 1. The van der Waals surface area contributed by atoms with Crippen LogP contribution >= 0.6 is 15.9 Å². The van der Waals surface area contributed by atoms with E-state index in [1.165, 1.54) is 18.9 Å². The second-order valence-electron chi connectivity index (χ2n) is 5.10. The highest BCUT2D eigenvalue weighted by atomic mass is 79.9. The summed E-state index contributed by atoms with van der Waals surface area (Å²) in [7, 11) is 0. The molecule has 1 N–H and O–H groups in total. The summed E-state index contributed by atoms with van der Waals surface area (Å²) >= 11 is 3.33. The fourth-order valence-corrected chi connectivity index (χ4v) is 2.44. The van der Waals surface area contributed by atoms with Gasteiger partial charge in [-0.25, -0.2) is 4.39 Å². The van der Waals surface area contributed by atoms with Crippen molar-refractivity contribution in [2.24, 2.45) is 5.92 Å². The third kappa shape index (κ3) is 4.76. The predicted molar refractivity (Wildman–Crippen MR) is 72.6 cm³/mol. The van der Waals surface area contributed by atoms with Crippen molar-refractivity contribution in [3.05, 3.63) is 34.1 Å². The van der Waals surface area contributed by atoms with Crippen LogP contribution in [0.15, 0.2) is 22.7 Å². The van der Waals surface area contributed by atoms with Crippen LogP contribution in [0.25, 0.3) is 0 Å². The number of nitrogens with one attached hydrogen (secondary N) is 1. The average molecular weight is 300 g/mol. The molecule has 0 aromatic heterocycles. The number of benzene rings is 1. The lowest BCUT2D eigenvalue weighted by molar-refractivity contribution is 0.479. The van der Waals surface area contributed by atoms with E-state index in [0.717, 1.165) is 35.5 Å². The van der Waals surface area contributed by atoms with Gasteiger partial charge in [0.1, 0.15) is 5.82 Å². The van der Waals surface area contributed by atoms with Crippen molar-refractivity contribution in [1.29, 1.82) is 0 Å². The number of halogens is 2. The van der Waals surface area contributed by atoms with Crippen molar-refractivity contribution < 1.29 is 4.39 Å². The Labute approximate surface area is 111 Å². The Morgan fingerprint density at radius 1 is 1.41 bits per heavy atom. The quantitative estimate of drug-likeness (QED) is 0.840. The molecule has 1 saturated carbocycles. The second-order valence-corrected chi connectivity index (χ2v) is 6.02. The minimum Gasteiger partial charge on any atom is -0.314 e.